The number of piperazine rings is 1. The van der Waals surface area contributed by atoms with Gasteiger partial charge in [-0.2, -0.15) is 0 Å². The number of hydrogen-bond donors (Lipinski definition) is 1. The Bertz CT molecular complexity index is 886. The molecule has 1 fully saturated rings. The summed E-state index contributed by atoms with van der Waals surface area (Å²) in [4.78, 5) is 5.02. The number of benzene rings is 2. The Labute approximate surface area is 155 Å². The van der Waals surface area contributed by atoms with Crippen molar-refractivity contribution in [3.8, 4) is 0 Å². The van der Waals surface area contributed by atoms with E-state index in [9.17, 15) is 5.11 Å². The van der Waals surface area contributed by atoms with Crippen LogP contribution in [0.3, 0.4) is 0 Å². The van der Waals surface area contributed by atoms with Crippen molar-refractivity contribution in [2.75, 3.05) is 26.2 Å². The maximum atomic E-state index is 9.46. The zero-order chi connectivity index (χ0) is 18.1. The Morgan fingerprint density at radius 3 is 2.69 bits per heavy atom. The van der Waals surface area contributed by atoms with E-state index in [1.165, 1.54) is 16.3 Å². The van der Waals surface area contributed by atoms with Crippen LogP contribution in [0.25, 0.3) is 21.9 Å². The van der Waals surface area contributed by atoms with E-state index in [0.717, 1.165) is 43.8 Å². The second-order valence-electron chi connectivity index (χ2n) is 7.62. The fourth-order valence-corrected chi connectivity index (χ4v) is 4.33. The van der Waals surface area contributed by atoms with Crippen molar-refractivity contribution in [1.82, 2.24) is 9.80 Å². The highest BCUT2D eigenvalue weighted by Gasteiger charge is 2.28. The number of nitrogens with zero attached hydrogens (tertiary/aromatic N) is 2. The summed E-state index contributed by atoms with van der Waals surface area (Å²) in [6.07, 6.45) is 0.837. The average molecular weight is 352 g/mol. The van der Waals surface area contributed by atoms with Crippen molar-refractivity contribution in [3.63, 3.8) is 0 Å². The van der Waals surface area contributed by atoms with Gasteiger partial charge in [-0.25, -0.2) is 0 Å². The second-order valence-corrected chi connectivity index (χ2v) is 7.62. The summed E-state index contributed by atoms with van der Waals surface area (Å²) in [5.41, 5.74) is 3.22. The van der Waals surface area contributed by atoms with Crippen LogP contribution in [0, 0.1) is 0 Å². The highest BCUT2D eigenvalue weighted by Crippen LogP contribution is 2.31. The van der Waals surface area contributed by atoms with E-state index in [0.29, 0.717) is 12.1 Å². The lowest BCUT2D eigenvalue weighted by atomic mass is 10.0. The van der Waals surface area contributed by atoms with Crippen molar-refractivity contribution in [3.05, 3.63) is 48.0 Å². The summed E-state index contributed by atoms with van der Waals surface area (Å²) in [5, 5.41) is 11.8. The van der Waals surface area contributed by atoms with Crippen molar-refractivity contribution in [1.29, 1.82) is 0 Å². The fraction of sp³-hybridized carbons (Fsp3) is 0.455. The highest BCUT2D eigenvalue weighted by molar-refractivity contribution is 6.05. The van der Waals surface area contributed by atoms with E-state index in [1.54, 1.807) is 0 Å². The summed E-state index contributed by atoms with van der Waals surface area (Å²) in [6.45, 7) is 8.74. The zero-order valence-corrected chi connectivity index (χ0v) is 15.7. The van der Waals surface area contributed by atoms with Gasteiger partial charge in [0.1, 0.15) is 11.2 Å². The number of fused-ring (bicyclic) bond motifs is 3. The molecule has 0 spiro atoms. The minimum absolute atomic E-state index is 0.251. The third kappa shape index (κ3) is 3.25. The van der Waals surface area contributed by atoms with Crippen molar-refractivity contribution in [2.24, 2.45) is 0 Å². The van der Waals surface area contributed by atoms with Crippen LogP contribution in [0.15, 0.2) is 46.9 Å². The summed E-state index contributed by atoms with van der Waals surface area (Å²) in [6, 6.07) is 15.7. The number of rotatable bonds is 5. The van der Waals surface area contributed by atoms with Gasteiger partial charge in [-0.3, -0.25) is 9.80 Å². The molecule has 4 heteroatoms. The van der Waals surface area contributed by atoms with Gasteiger partial charge in [0.25, 0.3) is 0 Å². The molecule has 26 heavy (non-hydrogen) atoms. The first-order valence-corrected chi connectivity index (χ1v) is 9.65. The first-order chi connectivity index (χ1) is 12.7. The largest absolute Gasteiger partial charge is 0.456 e. The fourth-order valence-electron chi connectivity index (χ4n) is 4.33. The molecule has 4 rings (SSSR count). The highest BCUT2D eigenvalue weighted by atomic mass is 16.3. The van der Waals surface area contributed by atoms with Crippen LogP contribution in [0.4, 0.5) is 0 Å². The molecule has 0 radical (unpaired) electrons. The van der Waals surface area contributed by atoms with E-state index < -0.39 is 0 Å². The molecule has 2 aromatic carbocycles. The zero-order valence-electron chi connectivity index (χ0n) is 15.7. The van der Waals surface area contributed by atoms with E-state index in [1.807, 2.05) is 12.1 Å². The van der Waals surface area contributed by atoms with Crippen molar-refractivity contribution >= 4 is 21.9 Å². The SMILES string of the molecule is CC(C)N1CCN(Cc2cccc3c2oc2ccccc23)C[C@H]1CCO. The number of aliphatic hydroxyl groups excluding tert-OH is 1. The van der Waals surface area contributed by atoms with Gasteiger partial charge in [0.2, 0.25) is 0 Å². The van der Waals surface area contributed by atoms with Crippen molar-refractivity contribution < 1.29 is 9.52 Å². The molecule has 1 N–H and O–H groups in total. The topological polar surface area (TPSA) is 39.9 Å². The number of furan rings is 1. The van der Waals surface area contributed by atoms with Crippen LogP contribution in [0.1, 0.15) is 25.8 Å². The minimum atomic E-state index is 0.251. The molecule has 3 aromatic rings. The molecule has 138 valence electrons. The van der Waals surface area contributed by atoms with Gasteiger partial charge in [0.15, 0.2) is 0 Å². The maximum Gasteiger partial charge on any atom is 0.139 e. The molecule has 0 amide bonds. The molecule has 4 nitrogen and oxygen atoms in total. The first kappa shape index (κ1) is 17.5. The minimum Gasteiger partial charge on any atom is -0.456 e. The van der Waals surface area contributed by atoms with E-state index in [2.05, 4.69) is 54.0 Å². The molecule has 0 aliphatic carbocycles. The van der Waals surface area contributed by atoms with E-state index in [-0.39, 0.29) is 6.61 Å². The van der Waals surface area contributed by atoms with Crippen LogP contribution < -0.4 is 0 Å². The van der Waals surface area contributed by atoms with Crippen LogP contribution in [0.2, 0.25) is 0 Å². The van der Waals surface area contributed by atoms with Crippen LogP contribution in [-0.4, -0.2) is 53.2 Å². The standard InChI is InChI=1S/C22H28N2O2/c1-16(2)24-12-11-23(15-18(24)10-13-25)14-17-6-5-8-20-19-7-3-4-9-21(19)26-22(17)20/h3-9,16,18,25H,10-15H2,1-2H3/t18-/m1/s1. The van der Waals surface area contributed by atoms with Gasteiger partial charge in [0, 0.05) is 61.2 Å². The molecular weight excluding hydrogens is 324 g/mol. The lowest BCUT2D eigenvalue weighted by Crippen LogP contribution is -2.55. The summed E-state index contributed by atoms with van der Waals surface area (Å²) < 4.78 is 6.18. The van der Waals surface area contributed by atoms with Crippen LogP contribution in [-0.2, 0) is 6.54 Å². The summed E-state index contributed by atoms with van der Waals surface area (Å²) in [5.74, 6) is 0. The first-order valence-electron chi connectivity index (χ1n) is 9.65. The Balaban J connectivity index is 1.59. The number of hydrogen-bond acceptors (Lipinski definition) is 4. The lowest BCUT2D eigenvalue weighted by Gasteiger charge is -2.43. The molecular formula is C22H28N2O2. The van der Waals surface area contributed by atoms with Gasteiger partial charge in [-0.15, -0.1) is 0 Å². The van der Waals surface area contributed by atoms with Crippen molar-refractivity contribution in [2.45, 2.75) is 38.9 Å². The molecule has 1 atom stereocenters. The van der Waals surface area contributed by atoms with Gasteiger partial charge in [-0.1, -0.05) is 36.4 Å². The average Bonchev–Trinajstić information content (AvgIpc) is 3.02. The normalized spacial score (nSPS) is 19.8. The molecule has 0 unspecified atom stereocenters. The predicted molar refractivity (Wildman–Crippen MR) is 106 cm³/mol. The number of para-hydroxylation sites is 2. The monoisotopic (exact) mass is 352 g/mol. The molecule has 1 aromatic heterocycles. The molecule has 1 saturated heterocycles. The molecule has 0 bridgehead atoms. The van der Waals surface area contributed by atoms with E-state index >= 15 is 0 Å². The third-order valence-electron chi connectivity index (χ3n) is 5.62. The summed E-state index contributed by atoms with van der Waals surface area (Å²) in [7, 11) is 0. The quantitative estimate of drug-likeness (QED) is 0.757. The summed E-state index contributed by atoms with van der Waals surface area (Å²) >= 11 is 0. The lowest BCUT2D eigenvalue weighted by molar-refractivity contribution is 0.0350. The molecule has 2 heterocycles. The Kier molecular flexibility index (Phi) is 4.98. The number of aliphatic hydroxyl groups is 1. The Morgan fingerprint density at radius 1 is 1.08 bits per heavy atom. The third-order valence-corrected chi connectivity index (χ3v) is 5.62. The predicted octanol–water partition coefficient (Wildman–Crippen LogP) is 3.86. The second kappa shape index (κ2) is 7.39. The van der Waals surface area contributed by atoms with Gasteiger partial charge in [-0.05, 0) is 26.3 Å². The van der Waals surface area contributed by atoms with Gasteiger partial charge >= 0.3 is 0 Å². The molecule has 1 aliphatic heterocycles. The Morgan fingerprint density at radius 2 is 1.88 bits per heavy atom. The molecule has 1 aliphatic rings. The van der Waals surface area contributed by atoms with E-state index in [4.69, 9.17) is 4.42 Å². The maximum absolute atomic E-state index is 9.46. The van der Waals surface area contributed by atoms with Crippen LogP contribution >= 0.6 is 0 Å². The van der Waals surface area contributed by atoms with Gasteiger partial charge in [0.05, 0.1) is 0 Å². The Hall–Kier alpha value is -1.88. The van der Waals surface area contributed by atoms with Crippen LogP contribution in [0.5, 0.6) is 0 Å². The van der Waals surface area contributed by atoms with Gasteiger partial charge < -0.3 is 9.52 Å². The smallest absolute Gasteiger partial charge is 0.139 e. The molecule has 0 saturated carbocycles.